The summed E-state index contributed by atoms with van der Waals surface area (Å²) < 4.78 is 19.9. The van der Waals surface area contributed by atoms with Crippen molar-refractivity contribution in [1.29, 1.82) is 0 Å². The number of rotatable bonds is 5. The Morgan fingerprint density at radius 3 is 2.69 bits per heavy atom. The van der Waals surface area contributed by atoms with Crippen molar-refractivity contribution in [3.63, 3.8) is 0 Å². The summed E-state index contributed by atoms with van der Waals surface area (Å²) in [5.74, 6) is 0.337. The minimum absolute atomic E-state index is 0.0315. The molecule has 2 fully saturated rings. The molecular formula is C20H26BrFN2O2. The molecule has 0 aromatic heterocycles. The van der Waals surface area contributed by atoms with Gasteiger partial charge in [0.15, 0.2) is 0 Å². The van der Waals surface area contributed by atoms with E-state index in [0.29, 0.717) is 11.5 Å². The van der Waals surface area contributed by atoms with E-state index in [9.17, 15) is 9.18 Å². The van der Waals surface area contributed by atoms with Crippen LogP contribution in [0.4, 0.5) is 4.39 Å². The molecule has 4 nitrogen and oxygen atoms in total. The van der Waals surface area contributed by atoms with Crippen LogP contribution in [0.1, 0.15) is 24.8 Å². The Balaban J connectivity index is 1.43. The SMILES string of the molecule is O=C(C=Cc1cc(Br)ccc1F)N1CCC(CCN2CCOCC2)CC1. The fourth-order valence-electron chi connectivity index (χ4n) is 3.54. The fourth-order valence-corrected chi connectivity index (χ4v) is 3.92. The molecule has 142 valence electrons. The molecule has 2 saturated heterocycles. The molecule has 0 spiro atoms. The van der Waals surface area contributed by atoms with E-state index in [1.54, 1.807) is 18.2 Å². The molecule has 26 heavy (non-hydrogen) atoms. The Morgan fingerprint density at radius 1 is 1.23 bits per heavy atom. The van der Waals surface area contributed by atoms with Crippen LogP contribution in [-0.2, 0) is 9.53 Å². The summed E-state index contributed by atoms with van der Waals surface area (Å²) in [5, 5.41) is 0. The highest BCUT2D eigenvalue weighted by Crippen LogP contribution is 2.22. The van der Waals surface area contributed by atoms with Gasteiger partial charge in [-0.25, -0.2) is 4.39 Å². The Bertz CT molecular complexity index is 639. The Morgan fingerprint density at radius 2 is 1.96 bits per heavy atom. The third kappa shape index (κ3) is 5.63. The second-order valence-corrected chi connectivity index (χ2v) is 7.93. The molecule has 6 heteroatoms. The normalized spacial score (nSPS) is 20.0. The smallest absolute Gasteiger partial charge is 0.246 e. The maximum absolute atomic E-state index is 13.7. The van der Waals surface area contributed by atoms with Gasteiger partial charge >= 0.3 is 0 Å². The highest BCUT2D eigenvalue weighted by atomic mass is 79.9. The number of benzene rings is 1. The van der Waals surface area contributed by atoms with E-state index in [-0.39, 0.29) is 11.7 Å². The molecule has 0 saturated carbocycles. The summed E-state index contributed by atoms with van der Waals surface area (Å²) in [5.41, 5.74) is 0.424. The van der Waals surface area contributed by atoms with Crippen LogP contribution in [-0.4, -0.2) is 61.6 Å². The number of halogens is 2. The monoisotopic (exact) mass is 424 g/mol. The Hall–Kier alpha value is -1.24. The van der Waals surface area contributed by atoms with Crippen molar-refractivity contribution in [1.82, 2.24) is 9.80 Å². The molecular weight excluding hydrogens is 399 g/mol. The van der Waals surface area contributed by atoms with E-state index in [1.807, 2.05) is 4.90 Å². The van der Waals surface area contributed by atoms with Crippen LogP contribution in [0, 0.1) is 11.7 Å². The van der Waals surface area contributed by atoms with Gasteiger partial charge < -0.3 is 9.64 Å². The van der Waals surface area contributed by atoms with Crippen molar-refractivity contribution in [2.24, 2.45) is 5.92 Å². The molecule has 2 heterocycles. The molecule has 0 bridgehead atoms. The number of carbonyl (C=O) groups is 1. The van der Waals surface area contributed by atoms with Crippen molar-refractivity contribution >= 4 is 27.9 Å². The number of nitrogens with zero attached hydrogens (tertiary/aromatic N) is 2. The van der Waals surface area contributed by atoms with Gasteiger partial charge in [-0.05, 0) is 56.0 Å². The van der Waals surface area contributed by atoms with Crippen LogP contribution >= 0.6 is 15.9 Å². The van der Waals surface area contributed by atoms with Gasteiger partial charge in [-0.1, -0.05) is 15.9 Å². The molecule has 0 aliphatic carbocycles. The molecule has 0 unspecified atom stereocenters. The van der Waals surface area contributed by atoms with Crippen LogP contribution in [0.15, 0.2) is 28.7 Å². The maximum Gasteiger partial charge on any atom is 0.246 e. The molecule has 1 amide bonds. The molecule has 2 aliphatic rings. The van der Waals surface area contributed by atoms with Gasteiger partial charge in [-0.15, -0.1) is 0 Å². The molecule has 3 rings (SSSR count). The predicted molar refractivity (Wildman–Crippen MR) is 104 cm³/mol. The summed E-state index contributed by atoms with van der Waals surface area (Å²) >= 11 is 3.32. The number of morpholine rings is 1. The van der Waals surface area contributed by atoms with Gasteiger partial charge in [0.1, 0.15) is 5.82 Å². The molecule has 1 aromatic carbocycles. The lowest BCUT2D eigenvalue weighted by Crippen LogP contribution is -2.40. The van der Waals surface area contributed by atoms with E-state index < -0.39 is 0 Å². The van der Waals surface area contributed by atoms with Crippen LogP contribution in [0.3, 0.4) is 0 Å². The number of likely N-dealkylation sites (tertiary alicyclic amines) is 1. The summed E-state index contributed by atoms with van der Waals surface area (Å²) in [6, 6.07) is 4.72. The van der Waals surface area contributed by atoms with Crippen molar-refractivity contribution in [3.05, 3.63) is 40.1 Å². The first-order valence-electron chi connectivity index (χ1n) is 9.34. The minimum atomic E-state index is -0.320. The number of piperidine rings is 1. The van der Waals surface area contributed by atoms with E-state index in [1.165, 1.54) is 18.6 Å². The summed E-state index contributed by atoms with van der Waals surface area (Å²) in [6.45, 7) is 6.47. The van der Waals surface area contributed by atoms with E-state index in [4.69, 9.17) is 4.74 Å². The van der Waals surface area contributed by atoms with Gasteiger partial charge in [0, 0.05) is 42.3 Å². The highest BCUT2D eigenvalue weighted by molar-refractivity contribution is 9.10. The third-order valence-corrected chi connectivity index (χ3v) is 5.74. The van der Waals surface area contributed by atoms with Crippen LogP contribution < -0.4 is 0 Å². The van der Waals surface area contributed by atoms with Crippen LogP contribution in [0.5, 0.6) is 0 Å². The number of carbonyl (C=O) groups excluding carboxylic acids is 1. The molecule has 2 aliphatic heterocycles. The second-order valence-electron chi connectivity index (χ2n) is 7.01. The second kappa shape index (κ2) is 9.62. The Labute approximate surface area is 163 Å². The standard InChI is InChI=1S/C20H26BrFN2O2/c21-18-2-3-19(22)17(15-18)1-4-20(25)24-9-6-16(7-10-24)5-8-23-11-13-26-14-12-23/h1-4,15-16H,5-14H2. The van der Waals surface area contributed by atoms with Crippen molar-refractivity contribution < 1.29 is 13.9 Å². The summed E-state index contributed by atoms with van der Waals surface area (Å²) in [4.78, 5) is 16.7. The number of ether oxygens (including phenoxy) is 1. The average Bonchev–Trinajstić information content (AvgIpc) is 2.68. The zero-order valence-corrected chi connectivity index (χ0v) is 16.6. The largest absolute Gasteiger partial charge is 0.379 e. The van der Waals surface area contributed by atoms with Crippen LogP contribution in [0.2, 0.25) is 0 Å². The van der Waals surface area contributed by atoms with E-state index in [2.05, 4.69) is 20.8 Å². The topological polar surface area (TPSA) is 32.8 Å². The summed E-state index contributed by atoms with van der Waals surface area (Å²) in [6.07, 6.45) is 6.34. The Kier molecular flexibility index (Phi) is 7.23. The first-order valence-corrected chi connectivity index (χ1v) is 10.1. The highest BCUT2D eigenvalue weighted by Gasteiger charge is 2.22. The maximum atomic E-state index is 13.7. The lowest BCUT2D eigenvalue weighted by molar-refractivity contribution is -0.127. The van der Waals surface area contributed by atoms with Gasteiger partial charge in [0.2, 0.25) is 5.91 Å². The lowest BCUT2D eigenvalue weighted by Gasteiger charge is -2.33. The van der Waals surface area contributed by atoms with Crippen molar-refractivity contribution in [3.8, 4) is 0 Å². The van der Waals surface area contributed by atoms with E-state index in [0.717, 1.165) is 63.3 Å². The zero-order chi connectivity index (χ0) is 18.4. The number of amides is 1. The summed E-state index contributed by atoms with van der Waals surface area (Å²) in [7, 11) is 0. The van der Waals surface area contributed by atoms with Crippen molar-refractivity contribution in [2.45, 2.75) is 19.3 Å². The van der Waals surface area contributed by atoms with Gasteiger partial charge in [0.25, 0.3) is 0 Å². The predicted octanol–water partition coefficient (Wildman–Crippen LogP) is 3.56. The fraction of sp³-hybridized carbons (Fsp3) is 0.550. The zero-order valence-electron chi connectivity index (χ0n) is 15.0. The minimum Gasteiger partial charge on any atom is -0.379 e. The van der Waals surface area contributed by atoms with Crippen LogP contribution in [0.25, 0.3) is 6.08 Å². The molecule has 0 radical (unpaired) electrons. The van der Waals surface area contributed by atoms with E-state index >= 15 is 0 Å². The third-order valence-electron chi connectivity index (χ3n) is 5.25. The van der Waals surface area contributed by atoms with Gasteiger partial charge in [-0.2, -0.15) is 0 Å². The number of hydrogen-bond acceptors (Lipinski definition) is 3. The lowest BCUT2D eigenvalue weighted by atomic mass is 9.93. The number of hydrogen-bond donors (Lipinski definition) is 0. The first-order chi connectivity index (χ1) is 12.6. The first kappa shape index (κ1) is 19.5. The van der Waals surface area contributed by atoms with Gasteiger partial charge in [0.05, 0.1) is 13.2 Å². The van der Waals surface area contributed by atoms with Gasteiger partial charge in [-0.3, -0.25) is 9.69 Å². The molecule has 1 aromatic rings. The molecule has 0 atom stereocenters. The molecule has 0 N–H and O–H groups in total. The quantitative estimate of drug-likeness (QED) is 0.677. The van der Waals surface area contributed by atoms with Crippen molar-refractivity contribution in [2.75, 3.05) is 45.9 Å². The average molecular weight is 425 g/mol.